The quantitative estimate of drug-likeness (QED) is 0.891. The number of carbonyl (C=O) groups is 1. The fourth-order valence-corrected chi connectivity index (χ4v) is 4.46. The zero-order chi connectivity index (χ0) is 11.7. The molecule has 2 aliphatic heterocycles. The number of carbonyl (C=O) groups excluding carboxylic acids is 1. The highest BCUT2D eigenvalue weighted by atomic mass is 32.2. The molecule has 92 valence electrons. The van der Waals surface area contributed by atoms with Gasteiger partial charge in [0.1, 0.15) is 6.17 Å². The van der Waals surface area contributed by atoms with Crippen LogP contribution < -0.4 is 5.32 Å². The Hall–Kier alpha value is -0.520. The lowest BCUT2D eigenvalue weighted by molar-refractivity contribution is -0.130. The first-order chi connectivity index (χ1) is 8.36. The third-order valence-corrected chi connectivity index (χ3v) is 5.38. The van der Waals surface area contributed by atoms with E-state index in [0.717, 1.165) is 12.8 Å². The number of hydrogen-bond acceptors (Lipinski definition) is 4. The predicted molar refractivity (Wildman–Crippen MR) is 72.3 cm³/mol. The van der Waals surface area contributed by atoms with E-state index in [2.05, 4.69) is 27.7 Å². The van der Waals surface area contributed by atoms with Gasteiger partial charge < -0.3 is 4.90 Å². The molecule has 1 atom stereocenters. The van der Waals surface area contributed by atoms with Crippen molar-refractivity contribution in [3.8, 4) is 0 Å². The summed E-state index contributed by atoms with van der Waals surface area (Å²) in [5, 5.41) is 5.41. The van der Waals surface area contributed by atoms with Crippen molar-refractivity contribution in [3.05, 3.63) is 22.4 Å². The standard InChI is InChI=1S/C12H16N2OS2/c15-11-8-13-12(10-2-1-5-17-10)14(11)9-3-6-16-7-4-9/h1-2,5,9,12-13H,3-4,6-8H2. The van der Waals surface area contributed by atoms with E-state index in [1.165, 1.54) is 16.4 Å². The Balaban J connectivity index is 1.81. The SMILES string of the molecule is O=C1CNC(c2cccs2)N1C1CCSCC1. The second-order valence-corrected chi connectivity index (χ2v) is 6.65. The van der Waals surface area contributed by atoms with Gasteiger partial charge >= 0.3 is 0 Å². The molecule has 0 saturated carbocycles. The van der Waals surface area contributed by atoms with Crippen LogP contribution in [0.3, 0.4) is 0 Å². The summed E-state index contributed by atoms with van der Waals surface area (Å²) in [7, 11) is 0. The molecular formula is C12H16N2OS2. The molecule has 2 saturated heterocycles. The van der Waals surface area contributed by atoms with E-state index in [1.54, 1.807) is 11.3 Å². The molecule has 1 aromatic rings. The van der Waals surface area contributed by atoms with Crippen molar-refractivity contribution in [2.24, 2.45) is 0 Å². The Bertz CT molecular complexity index is 387. The van der Waals surface area contributed by atoms with E-state index in [9.17, 15) is 4.79 Å². The number of nitrogens with zero attached hydrogens (tertiary/aromatic N) is 1. The molecule has 3 rings (SSSR count). The smallest absolute Gasteiger partial charge is 0.238 e. The lowest BCUT2D eigenvalue weighted by Gasteiger charge is -2.34. The molecule has 1 amide bonds. The minimum absolute atomic E-state index is 0.121. The maximum atomic E-state index is 12.0. The summed E-state index contributed by atoms with van der Waals surface area (Å²) in [5.41, 5.74) is 0. The summed E-state index contributed by atoms with van der Waals surface area (Å²) in [6.45, 7) is 0.492. The molecule has 0 radical (unpaired) electrons. The van der Waals surface area contributed by atoms with Crippen LogP contribution in [0.2, 0.25) is 0 Å². The monoisotopic (exact) mass is 268 g/mol. The van der Waals surface area contributed by atoms with Gasteiger partial charge in [-0.3, -0.25) is 10.1 Å². The number of amides is 1. The first-order valence-electron chi connectivity index (χ1n) is 6.02. The van der Waals surface area contributed by atoms with Crippen molar-refractivity contribution < 1.29 is 4.79 Å². The molecule has 0 bridgehead atoms. The summed E-state index contributed by atoms with van der Waals surface area (Å²) in [4.78, 5) is 15.4. The third-order valence-electron chi connectivity index (χ3n) is 3.41. The topological polar surface area (TPSA) is 32.3 Å². The fourth-order valence-electron chi connectivity index (χ4n) is 2.58. The molecule has 1 N–H and O–H groups in total. The van der Waals surface area contributed by atoms with E-state index in [1.807, 2.05) is 11.8 Å². The van der Waals surface area contributed by atoms with Crippen molar-refractivity contribution >= 4 is 29.0 Å². The molecule has 3 heterocycles. The zero-order valence-electron chi connectivity index (χ0n) is 9.59. The molecule has 5 heteroatoms. The van der Waals surface area contributed by atoms with Gasteiger partial charge in [0, 0.05) is 10.9 Å². The van der Waals surface area contributed by atoms with Gasteiger partial charge in [-0.05, 0) is 35.8 Å². The van der Waals surface area contributed by atoms with Gasteiger partial charge in [0.25, 0.3) is 0 Å². The van der Waals surface area contributed by atoms with Crippen LogP contribution in [0.25, 0.3) is 0 Å². The van der Waals surface area contributed by atoms with Crippen molar-refractivity contribution in [1.29, 1.82) is 0 Å². The molecule has 2 fully saturated rings. The highest BCUT2D eigenvalue weighted by Gasteiger charge is 2.37. The van der Waals surface area contributed by atoms with E-state index in [4.69, 9.17) is 0 Å². The first-order valence-corrected chi connectivity index (χ1v) is 8.05. The van der Waals surface area contributed by atoms with Crippen LogP contribution in [-0.2, 0) is 4.79 Å². The summed E-state index contributed by atoms with van der Waals surface area (Å²) < 4.78 is 0. The zero-order valence-corrected chi connectivity index (χ0v) is 11.2. The van der Waals surface area contributed by atoms with Gasteiger partial charge in [-0.2, -0.15) is 11.8 Å². The first kappa shape index (κ1) is 11.6. The second kappa shape index (κ2) is 5.00. The molecule has 17 heavy (non-hydrogen) atoms. The van der Waals surface area contributed by atoms with Gasteiger partial charge in [-0.25, -0.2) is 0 Å². The average molecular weight is 268 g/mol. The van der Waals surface area contributed by atoms with E-state index < -0.39 is 0 Å². The molecule has 2 aliphatic rings. The van der Waals surface area contributed by atoms with Gasteiger partial charge in [0.15, 0.2) is 0 Å². The fraction of sp³-hybridized carbons (Fsp3) is 0.583. The Morgan fingerprint density at radius 3 is 2.88 bits per heavy atom. The van der Waals surface area contributed by atoms with Crippen molar-refractivity contribution in [2.75, 3.05) is 18.1 Å². The van der Waals surface area contributed by atoms with Crippen LogP contribution >= 0.6 is 23.1 Å². The average Bonchev–Trinajstić information content (AvgIpc) is 2.98. The van der Waals surface area contributed by atoms with Crippen LogP contribution in [-0.4, -0.2) is 34.9 Å². The third kappa shape index (κ3) is 2.23. The summed E-state index contributed by atoms with van der Waals surface area (Å²) in [5.74, 6) is 2.64. The molecule has 0 spiro atoms. The molecule has 1 aromatic heterocycles. The summed E-state index contributed by atoms with van der Waals surface area (Å²) >= 11 is 3.73. The molecule has 1 unspecified atom stereocenters. The maximum Gasteiger partial charge on any atom is 0.238 e. The van der Waals surface area contributed by atoms with Crippen molar-refractivity contribution in [1.82, 2.24) is 10.2 Å². The normalized spacial score (nSPS) is 26.7. The summed E-state index contributed by atoms with van der Waals surface area (Å²) in [6, 6.07) is 4.61. The minimum atomic E-state index is 0.121. The number of thioether (sulfide) groups is 1. The van der Waals surface area contributed by atoms with Crippen molar-refractivity contribution in [2.45, 2.75) is 25.0 Å². The molecule has 0 aliphatic carbocycles. The molecular weight excluding hydrogens is 252 g/mol. The van der Waals surface area contributed by atoms with Crippen LogP contribution in [0.1, 0.15) is 23.9 Å². The molecule has 3 nitrogen and oxygen atoms in total. The Labute approximate surface area is 110 Å². The number of nitrogens with one attached hydrogen (secondary N) is 1. The van der Waals surface area contributed by atoms with E-state index in [0.29, 0.717) is 12.6 Å². The Morgan fingerprint density at radius 1 is 1.35 bits per heavy atom. The van der Waals surface area contributed by atoms with Crippen molar-refractivity contribution in [3.63, 3.8) is 0 Å². The lowest BCUT2D eigenvalue weighted by Crippen LogP contribution is -2.41. The van der Waals surface area contributed by atoms with Crippen LogP contribution in [0.5, 0.6) is 0 Å². The van der Waals surface area contributed by atoms with E-state index in [-0.39, 0.29) is 12.1 Å². The van der Waals surface area contributed by atoms with Gasteiger partial charge in [0.05, 0.1) is 6.54 Å². The van der Waals surface area contributed by atoms with Crippen LogP contribution in [0.15, 0.2) is 17.5 Å². The van der Waals surface area contributed by atoms with E-state index >= 15 is 0 Å². The lowest BCUT2D eigenvalue weighted by atomic mass is 10.1. The number of thiophene rings is 1. The maximum absolute atomic E-state index is 12.0. The minimum Gasteiger partial charge on any atom is -0.318 e. The highest BCUT2D eigenvalue weighted by molar-refractivity contribution is 7.99. The number of hydrogen-bond donors (Lipinski definition) is 1. The summed E-state index contributed by atoms with van der Waals surface area (Å²) in [6.07, 6.45) is 2.40. The number of rotatable bonds is 2. The predicted octanol–water partition coefficient (Wildman–Crippen LogP) is 2.07. The van der Waals surface area contributed by atoms with Crippen LogP contribution in [0, 0.1) is 0 Å². The van der Waals surface area contributed by atoms with Crippen LogP contribution in [0.4, 0.5) is 0 Å². The largest absolute Gasteiger partial charge is 0.318 e. The Morgan fingerprint density at radius 2 is 2.18 bits per heavy atom. The van der Waals surface area contributed by atoms with Gasteiger partial charge in [0.2, 0.25) is 5.91 Å². The highest BCUT2D eigenvalue weighted by Crippen LogP contribution is 2.32. The van der Waals surface area contributed by atoms with Gasteiger partial charge in [-0.1, -0.05) is 6.07 Å². The van der Waals surface area contributed by atoms with Gasteiger partial charge in [-0.15, -0.1) is 11.3 Å². The Kier molecular flexibility index (Phi) is 3.40. The second-order valence-electron chi connectivity index (χ2n) is 4.44. The molecule has 0 aromatic carbocycles.